The molecular formula is C15H12FNO4. The summed E-state index contributed by atoms with van der Waals surface area (Å²) in [5.74, 6) is -1.93. The van der Waals surface area contributed by atoms with Crippen molar-refractivity contribution in [1.29, 1.82) is 0 Å². The standard InChI is InChI=1S/C15H12FNO4/c1-20-14(18)10-7-13(9-5-3-4-6-12(9)16)17-8-11(10)15(19)21-2/h3-8H,1-2H3. The molecule has 1 aromatic heterocycles. The third-order valence-corrected chi connectivity index (χ3v) is 2.86. The number of carbonyl (C=O) groups excluding carboxylic acids is 2. The predicted molar refractivity (Wildman–Crippen MR) is 72.3 cm³/mol. The Hall–Kier alpha value is -2.76. The molecule has 0 radical (unpaired) electrons. The Morgan fingerprint density at radius 2 is 1.67 bits per heavy atom. The molecule has 0 saturated heterocycles. The molecule has 0 amide bonds. The lowest BCUT2D eigenvalue weighted by molar-refractivity contribution is 0.0555. The van der Waals surface area contributed by atoms with Gasteiger partial charge < -0.3 is 9.47 Å². The van der Waals surface area contributed by atoms with Gasteiger partial charge in [-0.05, 0) is 18.2 Å². The van der Waals surface area contributed by atoms with E-state index in [0.717, 1.165) is 0 Å². The summed E-state index contributed by atoms with van der Waals surface area (Å²) >= 11 is 0. The Balaban J connectivity index is 2.60. The molecule has 0 bridgehead atoms. The molecule has 0 atom stereocenters. The SMILES string of the molecule is COC(=O)c1cnc(-c2ccccc2F)cc1C(=O)OC. The monoisotopic (exact) mass is 289 g/mol. The minimum Gasteiger partial charge on any atom is -0.465 e. The van der Waals surface area contributed by atoms with Crippen molar-refractivity contribution in [3.8, 4) is 11.3 Å². The first kappa shape index (κ1) is 14.6. The van der Waals surface area contributed by atoms with Gasteiger partial charge in [0.15, 0.2) is 0 Å². The number of pyridine rings is 1. The van der Waals surface area contributed by atoms with E-state index >= 15 is 0 Å². The van der Waals surface area contributed by atoms with Gasteiger partial charge in [0.25, 0.3) is 0 Å². The van der Waals surface area contributed by atoms with Gasteiger partial charge in [0.2, 0.25) is 0 Å². The number of nitrogens with zero attached hydrogens (tertiary/aromatic N) is 1. The summed E-state index contributed by atoms with van der Waals surface area (Å²) < 4.78 is 23.0. The third-order valence-electron chi connectivity index (χ3n) is 2.86. The van der Waals surface area contributed by atoms with Gasteiger partial charge in [0.1, 0.15) is 5.82 Å². The zero-order valence-electron chi connectivity index (χ0n) is 11.4. The van der Waals surface area contributed by atoms with Gasteiger partial charge in [-0.15, -0.1) is 0 Å². The maximum absolute atomic E-state index is 13.8. The van der Waals surface area contributed by atoms with E-state index in [1.807, 2.05) is 0 Å². The lowest BCUT2D eigenvalue weighted by atomic mass is 10.0. The third kappa shape index (κ3) is 2.89. The number of carbonyl (C=O) groups is 2. The highest BCUT2D eigenvalue weighted by Gasteiger charge is 2.20. The molecule has 0 aliphatic rings. The summed E-state index contributed by atoms with van der Waals surface area (Å²) in [4.78, 5) is 27.4. The first-order valence-corrected chi connectivity index (χ1v) is 6.00. The highest BCUT2D eigenvalue weighted by molar-refractivity contribution is 6.03. The van der Waals surface area contributed by atoms with Crippen molar-refractivity contribution in [1.82, 2.24) is 4.98 Å². The lowest BCUT2D eigenvalue weighted by Gasteiger charge is -2.09. The average Bonchev–Trinajstić information content (AvgIpc) is 2.53. The predicted octanol–water partition coefficient (Wildman–Crippen LogP) is 2.46. The van der Waals surface area contributed by atoms with E-state index in [0.29, 0.717) is 0 Å². The minimum atomic E-state index is -0.726. The van der Waals surface area contributed by atoms with Gasteiger partial charge >= 0.3 is 11.9 Å². The first-order chi connectivity index (χ1) is 10.1. The highest BCUT2D eigenvalue weighted by Crippen LogP contribution is 2.23. The second-order valence-corrected chi connectivity index (χ2v) is 4.08. The number of methoxy groups -OCH3 is 2. The second kappa shape index (κ2) is 6.13. The Bertz CT molecular complexity index is 700. The van der Waals surface area contributed by atoms with E-state index in [1.165, 1.54) is 38.6 Å². The normalized spacial score (nSPS) is 10.0. The van der Waals surface area contributed by atoms with Gasteiger partial charge in [-0.2, -0.15) is 0 Å². The molecular weight excluding hydrogens is 277 g/mol. The Morgan fingerprint density at radius 1 is 1.05 bits per heavy atom. The van der Waals surface area contributed by atoms with Gasteiger partial charge in [0.05, 0.1) is 31.0 Å². The Morgan fingerprint density at radius 3 is 2.29 bits per heavy atom. The minimum absolute atomic E-state index is 0.0300. The van der Waals surface area contributed by atoms with Crippen LogP contribution in [0.25, 0.3) is 11.3 Å². The van der Waals surface area contributed by atoms with Crippen LogP contribution < -0.4 is 0 Å². The Labute approximate surface area is 120 Å². The van der Waals surface area contributed by atoms with Crippen LogP contribution in [0.4, 0.5) is 4.39 Å². The fraction of sp³-hybridized carbons (Fsp3) is 0.133. The number of aromatic nitrogens is 1. The van der Waals surface area contributed by atoms with E-state index in [4.69, 9.17) is 0 Å². The van der Waals surface area contributed by atoms with E-state index in [9.17, 15) is 14.0 Å². The summed E-state index contributed by atoms with van der Waals surface area (Å²) in [7, 11) is 2.38. The van der Waals surface area contributed by atoms with E-state index < -0.39 is 17.8 Å². The van der Waals surface area contributed by atoms with Crippen LogP contribution in [0.15, 0.2) is 36.5 Å². The maximum atomic E-state index is 13.8. The van der Waals surface area contributed by atoms with Crippen LogP contribution >= 0.6 is 0 Å². The molecule has 21 heavy (non-hydrogen) atoms. The molecule has 0 fully saturated rings. The van der Waals surface area contributed by atoms with Crippen molar-refractivity contribution in [3.05, 3.63) is 53.5 Å². The molecule has 0 aliphatic heterocycles. The van der Waals surface area contributed by atoms with Crippen LogP contribution in [0.2, 0.25) is 0 Å². The van der Waals surface area contributed by atoms with E-state index in [1.54, 1.807) is 12.1 Å². The number of hydrogen-bond donors (Lipinski definition) is 0. The molecule has 0 aliphatic carbocycles. The first-order valence-electron chi connectivity index (χ1n) is 6.00. The van der Waals surface area contributed by atoms with Crippen LogP contribution in [0.1, 0.15) is 20.7 Å². The van der Waals surface area contributed by atoms with Crippen molar-refractivity contribution < 1.29 is 23.5 Å². The maximum Gasteiger partial charge on any atom is 0.340 e. The molecule has 108 valence electrons. The largest absolute Gasteiger partial charge is 0.465 e. The molecule has 6 heteroatoms. The summed E-state index contributed by atoms with van der Waals surface area (Å²) in [6.45, 7) is 0. The summed E-state index contributed by atoms with van der Waals surface area (Å²) in [6, 6.07) is 7.30. The molecule has 0 spiro atoms. The lowest BCUT2D eigenvalue weighted by Crippen LogP contribution is -2.12. The molecule has 0 N–H and O–H groups in total. The second-order valence-electron chi connectivity index (χ2n) is 4.08. The fourth-order valence-electron chi connectivity index (χ4n) is 1.82. The average molecular weight is 289 g/mol. The number of benzene rings is 1. The zero-order valence-corrected chi connectivity index (χ0v) is 11.4. The number of hydrogen-bond acceptors (Lipinski definition) is 5. The van der Waals surface area contributed by atoms with Crippen molar-refractivity contribution in [3.63, 3.8) is 0 Å². The van der Waals surface area contributed by atoms with E-state index in [2.05, 4.69) is 14.5 Å². The molecule has 0 unspecified atom stereocenters. The molecule has 5 nitrogen and oxygen atoms in total. The summed E-state index contributed by atoms with van der Waals surface area (Å²) in [5, 5.41) is 0. The Kier molecular flexibility index (Phi) is 4.27. The molecule has 2 aromatic rings. The highest BCUT2D eigenvalue weighted by atomic mass is 19.1. The quantitative estimate of drug-likeness (QED) is 0.812. The topological polar surface area (TPSA) is 65.5 Å². The smallest absolute Gasteiger partial charge is 0.340 e. The van der Waals surface area contributed by atoms with Gasteiger partial charge in [-0.25, -0.2) is 14.0 Å². The van der Waals surface area contributed by atoms with Crippen LogP contribution in [-0.4, -0.2) is 31.1 Å². The number of esters is 2. The summed E-state index contributed by atoms with van der Waals surface area (Å²) in [5.41, 5.74) is 0.377. The molecule has 1 heterocycles. The van der Waals surface area contributed by atoms with Crippen molar-refractivity contribution in [2.24, 2.45) is 0 Å². The molecule has 0 saturated carbocycles. The van der Waals surface area contributed by atoms with Crippen LogP contribution in [0, 0.1) is 5.82 Å². The van der Waals surface area contributed by atoms with Gasteiger partial charge in [-0.3, -0.25) is 4.98 Å². The van der Waals surface area contributed by atoms with Crippen molar-refractivity contribution in [2.75, 3.05) is 14.2 Å². The zero-order chi connectivity index (χ0) is 15.4. The van der Waals surface area contributed by atoms with Crippen molar-refractivity contribution >= 4 is 11.9 Å². The number of halogens is 1. The van der Waals surface area contributed by atoms with Crippen molar-refractivity contribution in [2.45, 2.75) is 0 Å². The number of ether oxygens (including phenoxy) is 2. The van der Waals surface area contributed by atoms with E-state index in [-0.39, 0.29) is 22.4 Å². The van der Waals surface area contributed by atoms with Crippen LogP contribution in [-0.2, 0) is 9.47 Å². The van der Waals surface area contributed by atoms with Gasteiger partial charge in [0, 0.05) is 11.8 Å². The summed E-state index contributed by atoms with van der Waals surface area (Å²) in [6.07, 6.45) is 1.17. The van der Waals surface area contributed by atoms with Crippen LogP contribution in [0.3, 0.4) is 0 Å². The van der Waals surface area contributed by atoms with Gasteiger partial charge in [-0.1, -0.05) is 12.1 Å². The number of rotatable bonds is 3. The molecule has 2 rings (SSSR count). The molecule has 1 aromatic carbocycles. The van der Waals surface area contributed by atoms with Crippen LogP contribution in [0.5, 0.6) is 0 Å². The fourth-order valence-corrected chi connectivity index (χ4v) is 1.82.